The fourth-order valence-corrected chi connectivity index (χ4v) is 2.14. The van der Waals surface area contributed by atoms with Crippen LogP contribution >= 0.6 is 31.9 Å². The first kappa shape index (κ1) is 14.5. The van der Waals surface area contributed by atoms with E-state index in [0.29, 0.717) is 11.0 Å². The minimum absolute atomic E-state index is 0.0724. The van der Waals surface area contributed by atoms with Crippen molar-refractivity contribution in [3.63, 3.8) is 0 Å². The first-order chi connectivity index (χ1) is 8.01. The third-order valence-corrected chi connectivity index (χ3v) is 3.06. The maximum absolute atomic E-state index is 12.9. The summed E-state index contributed by atoms with van der Waals surface area (Å²) in [5.74, 6) is -0.803. The van der Waals surface area contributed by atoms with Gasteiger partial charge < -0.3 is 4.74 Å². The number of aromatic nitrogens is 1. The Balaban J connectivity index is 3.31. The van der Waals surface area contributed by atoms with Crippen LogP contribution in [0, 0.1) is 0 Å². The van der Waals surface area contributed by atoms with Gasteiger partial charge >= 0.3 is 5.97 Å². The number of ether oxygens (including phenoxy) is 1. The van der Waals surface area contributed by atoms with Crippen molar-refractivity contribution >= 4 is 37.8 Å². The average Bonchev–Trinajstić information content (AvgIpc) is 2.27. The highest BCUT2D eigenvalue weighted by atomic mass is 79.9. The van der Waals surface area contributed by atoms with Gasteiger partial charge in [0.2, 0.25) is 0 Å². The summed E-state index contributed by atoms with van der Waals surface area (Å²) in [7, 11) is 0. The second-order valence-electron chi connectivity index (χ2n) is 3.02. The minimum atomic E-state index is -2.76. The predicted octanol–water partition coefficient (Wildman–Crippen LogP) is 3.85. The van der Waals surface area contributed by atoms with Gasteiger partial charge in [-0.25, -0.2) is 18.6 Å². The monoisotopic (exact) mass is 371 g/mol. The summed E-state index contributed by atoms with van der Waals surface area (Å²) >= 11 is 6.13. The molecule has 17 heavy (non-hydrogen) atoms. The van der Waals surface area contributed by atoms with E-state index in [1.54, 1.807) is 6.92 Å². The Hall–Kier alpha value is -0.560. The van der Waals surface area contributed by atoms with E-state index < -0.39 is 12.4 Å². The van der Waals surface area contributed by atoms with E-state index >= 15 is 0 Å². The molecule has 0 bridgehead atoms. The van der Waals surface area contributed by atoms with Gasteiger partial charge in [0.05, 0.1) is 12.3 Å². The lowest BCUT2D eigenvalue weighted by Gasteiger charge is -2.11. The van der Waals surface area contributed by atoms with E-state index in [1.807, 2.05) is 0 Å². The number of pyridine rings is 1. The molecule has 1 rings (SSSR count). The molecule has 0 fully saturated rings. The molecule has 0 unspecified atom stereocenters. The number of nitrogens with zero attached hydrogens (tertiary/aromatic N) is 1. The molecular weight excluding hydrogens is 364 g/mol. The second-order valence-corrected chi connectivity index (χ2v) is 4.34. The van der Waals surface area contributed by atoms with Gasteiger partial charge in [0, 0.05) is 10.9 Å². The van der Waals surface area contributed by atoms with Crippen molar-refractivity contribution in [2.75, 3.05) is 6.61 Å². The van der Waals surface area contributed by atoms with Crippen LogP contribution in [0.15, 0.2) is 10.7 Å². The van der Waals surface area contributed by atoms with Crippen molar-refractivity contribution in [1.29, 1.82) is 0 Å². The highest BCUT2D eigenvalue weighted by molar-refractivity contribution is 9.10. The molecule has 0 aliphatic carbocycles. The molecule has 94 valence electrons. The number of carbonyl (C=O) groups is 1. The van der Waals surface area contributed by atoms with Crippen molar-refractivity contribution < 1.29 is 18.3 Å². The van der Waals surface area contributed by atoms with E-state index in [-0.39, 0.29) is 22.3 Å². The van der Waals surface area contributed by atoms with Gasteiger partial charge in [0.1, 0.15) is 10.2 Å². The minimum Gasteiger partial charge on any atom is -0.462 e. The van der Waals surface area contributed by atoms with Gasteiger partial charge in [-0.3, -0.25) is 0 Å². The molecule has 1 heterocycles. The smallest absolute Gasteiger partial charge is 0.341 e. The zero-order valence-corrected chi connectivity index (χ0v) is 12.0. The zero-order chi connectivity index (χ0) is 13.0. The molecule has 1 aromatic rings. The molecule has 0 aliphatic rings. The van der Waals surface area contributed by atoms with Crippen LogP contribution in [0.25, 0.3) is 0 Å². The van der Waals surface area contributed by atoms with Crippen LogP contribution in [-0.2, 0) is 10.1 Å². The number of alkyl halides is 3. The van der Waals surface area contributed by atoms with Crippen LogP contribution in [0.2, 0.25) is 0 Å². The molecule has 0 amide bonds. The second kappa shape index (κ2) is 6.39. The maximum atomic E-state index is 12.9. The molecule has 0 spiro atoms. The first-order valence-corrected chi connectivity index (χ1v) is 6.63. The summed E-state index contributed by atoms with van der Waals surface area (Å²) in [6.45, 7) is 1.72. The third-order valence-electron chi connectivity index (χ3n) is 1.91. The number of esters is 1. The number of hydrogen-bond donors (Lipinski definition) is 0. The summed E-state index contributed by atoms with van der Waals surface area (Å²) in [4.78, 5) is 15.5. The molecule has 0 saturated heterocycles. The van der Waals surface area contributed by atoms with Crippen LogP contribution in [0.1, 0.15) is 35.0 Å². The van der Waals surface area contributed by atoms with Crippen LogP contribution in [0.4, 0.5) is 8.78 Å². The summed E-state index contributed by atoms with van der Waals surface area (Å²) in [5.41, 5.74) is -0.174. The van der Waals surface area contributed by atoms with Gasteiger partial charge in [-0.2, -0.15) is 0 Å². The molecular formula is C10H9Br2F2NO2. The Morgan fingerprint density at radius 1 is 1.59 bits per heavy atom. The van der Waals surface area contributed by atoms with E-state index in [9.17, 15) is 13.6 Å². The SMILES string of the molecule is CCOC(=O)c1c(C(F)F)cc(CBr)nc1Br. The number of halogens is 4. The molecule has 7 heteroatoms. The molecule has 0 aliphatic heterocycles. The largest absolute Gasteiger partial charge is 0.462 e. The van der Waals surface area contributed by atoms with Crippen molar-refractivity contribution in [2.24, 2.45) is 0 Å². The fourth-order valence-electron chi connectivity index (χ4n) is 1.23. The van der Waals surface area contributed by atoms with Gasteiger partial charge in [-0.1, -0.05) is 15.9 Å². The van der Waals surface area contributed by atoms with Crippen molar-refractivity contribution in [1.82, 2.24) is 4.98 Å². The molecule has 0 aromatic carbocycles. The highest BCUT2D eigenvalue weighted by Crippen LogP contribution is 2.29. The van der Waals surface area contributed by atoms with Gasteiger partial charge in [-0.15, -0.1) is 0 Å². The highest BCUT2D eigenvalue weighted by Gasteiger charge is 2.24. The van der Waals surface area contributed by atoms with Crippen LogP contribution < -0.4 is 0 Å². The maximum Gasteiger partial charge on any atom is 0.341 e. The molecule has 0 saturated carbocycles. The Bertz CT molecular complexity index is 427. The molecule has 0 radical (unpaired) electrons. The van der Waals surface area contributed by atoms with E-state index in [4.69, 9.17) is 4.74 Å². The number of rotatable bonds is 4. The van der Waals surface area contributed by atoms with Crippen LogP contribution in [0.3, 0.4) is 0 Å². The van der Waals surface area contributed by atoms with Gasteiger partial charge in [-0.05, 0) is 28.9 Å². The Kier molecular flexibility index (Phi) is 5.45. The first-order valence-electron chi connectivity index (χ1n) is 4.71. The molecule has 0 atom stereocenters. The zero-order valence-electron chi connectivity index (χ0n) is 8.84. The Morgan fingerprint density at radius 2 is 2.24 bits per heavy atom. The predicted molar refractivity (Wildman–Crippen MR) is 65.5 cm³/mol. The standard InChI is InChI=1S/C10H9Br2F2NO2/c1-2-17-10(16)7-6(9(13)14)3-5(4-11)15-8(7)12/h3,9H,2,4H2,1H3. The normalized spacial score (nSPS) is 10.7. The number of carbonyl (C=O) groups excluding carboxylic acids is 1. The molecule has 3 nitrogen and oxygen atoms in total. The lowest BCUT2D eigenvalue weighted by Crippen LogP contribution is -2.11. The summed E-state index contributed by atoms with van der Waals surface area (Å²) in [5, 5.41) is 0.328. The average molecular weight is 373 g/mol. The van der Waals surface area contributed by atoms with Crippen molar-refractivity contribution in [2.45, 2.75) is 18.7 Å². The third kappa shape index (κ3) is 3.45. The van der Waals surface area contributed by atoms with E-state index in [2.05, 4.69) is 36.8 Å². The van der Waals surface area contributed by atoms with Crippen molar-refractivity contribution in [3.8, 4) is 0 Å². The lowest BCUT2D eigenvalue weighted by molar-refractivity contribution is 0.0513. The van der Waals surface area contributed by atoms with E-state index in [0.717, 1.165) is 0 Å². The summed E-state index contributed by atoms with van der Waals surface area (Å²) < 4.78 is 30.5. The Morgan fingerprint density at radius 3 is 2.71 bits per heavy atom. The lowest BCUT2D eigenvalue weighted by atomic mass is 10.1. The van der Waals surface area contributed by atoms with Gasteiger partial charge in [0.15, 0.2) is 0 Å². The Labute approximate surface area is 114 Å². The van der Waals surface area contributed by atoms with Gasteiger partial charge in [0.25, 0.3) is 6.43 Å². The topological polar surface area (TPSA) is 39.2 Å². The molecule has 0 N–H and O–H groups in total. The summed E-state index contributed by atoms with van der Waals surface area (Å²) in [6, 6.07) is 1.19. The van der Waals surface area contributed by atoms with Crippen molar-refractivity contribution in [3.05, 3.63) is 27.5 Å². The van der Waals surface area contributed by atoms with E-state index in [1.165, 1.54) is 6.07 Å². The van der Waals surface area contributed by atoms with Crippen LogP contribution in [-0.4, -0.2) is 17.6 Å². The van der Waals surface area contributed by atoms with Crippen LogP contribution in [0.5, 0.6) is 0 Å². The molecule has 1 aromatic heterocycles. The summed E-state index contributed by atoms with van der Waals surface area (Å²) in [6.07, 6.45) is -2.76. The quantitative estimate of drug-likeness (QED) is 0.457. The fraction of sp³-hybridized carbons (Fsp3) is 0.400. The number of hydrogen-bond acceptors (Lipinski definition) is 3.